The highest BCUT2D eigenvalue weighted by Gasteiger charge is 2.24. The summed E-state index contributed by atoms with van der Waals surface area (Å²) in [6, 6.07) is -0.0261. The van der Waals surface area contributed by atoms with Crippen LogP contribution in [0.4, 0.5) is 0 Å². The van der Waals surface area contributed by atoms with E-state index in [1.807, 2.05) is 6.92 Å². The van der Waals surface area contributed by atoms with Crippen molar-refractivity contribution >= 4 is 5.91 Å². The molecular formula is C12H24N2O. The Bertz CT molecular complexity index is 200. The molecule has 0 aromatic heterocycles. The second-order valence-corrected chi connectivity index (χ2v) is 4.74. The average Bonchev–Trinajstić information content (AvgIpc) is 2.70. The standard InChI is InChI=1S/C12H24N2O/c1-3-6-11(13)12(15)14-9(2)10-7-4-5-8-10/h9-11H,3-8,13H2,1-2H3,(H,14,15)/t9-,11+/m1/s1. The predicted molar refractivity (Wildman–Crippen MR) is 62.4 cm³/mol. The number of carbonyl (C=O) groups is 1. The lowest BCUT2D eigenvalue weighted by atomic mass is 9.99. The molecule has 0 aromatic carbocycles. The molecule has 0 bridgehead atoms. The molecule has 3 nitrogen and oxygen atoms in total. The number of nitrogens with one attached hydrogen (secondary N) is 1. The third-order valence-electron chi connectivity index (χ3n) is 3.41. The van der Waals surface area contributed by atoms with E-state index >= 15 is 0 Å². The molecule has 88 valence electrons. The van der Waals surface area contributed by atoms with Crippen LogP contribution in [0.3, 0.4) is 0 Å². The Balaban J connectivity index is 2.29. The van der Waals surface area contributed by atoms with E-state index in [-0.39, 0.29) is 11.9 Å². The highest BCUT2D eigenvalue weighted by atomic mass is 16.2. The summed E-state index contributed by atoms with van der Waals surface area (Å²) >= 11 is 0. The summed E-state index contributed by atoms with van der Waals surface area (Å²) in [7, 11) is 0. The summed E-state index contributed by atoms with van der Waals surface area (Å²) in [5, 5.41) is 3.04. The number of nitrogens with two attached hydrogens (primary N) is 1. The van der Waals surface area contributed by atoms with Crippen molar-refractivity contribution in [3.05, 3.63) is 0 Å². The van der Waals surface area contributed by atoms with Crippen LogP contribution in [0.1, 0.15) is 52.4 Å². The van der Waals surface area contributed by atoms with Crippen LogP contribution in [0.15, 0.2) is 0 Å². The van der Waals surface area contributed by atoms with Gasteiger partial charge in [-0.15, -0.1) is 0 Å². The largest absolute Gasteiger partial charge is 0.352 e. The Hall–Kier alpha value is -0.570. The maximum absolute atomic E-state index is 11.7. The molecule has 1 aliphatic rings. The molecular weight excluding hydrogens is 188 g/mol. The lowest BCUT2D eigenvalue weighted by molar-refractivity contribution is -0.123. The quantitative estimate of drug-likeness (QED) is 0.730. The monoisotopic (exact) mass is 212 g/mol. The van der Waals surface area contributed by atoms with E-state index < -0.39 is 0 Å². The lowest BCUT2D eigenvalue weighted by Crippen LogP contribution is -2.46. The Kier molecular flexibility index (Phi) is 5.09. The van der Waals surface area contributed by atoms with Crippen LogP contribution in [-0.2, 0) is 4.79 Å². The van der Waals surface area contributed by atoms with Gasteiger partial charge in [-0.05, 0) is 32.1 Å². The molecule has 0 radical (unpaired) electrons. The van der Waals surface area contributed by atoms with E-state index in [4.69, 9.17) is 5.73 Å². The van der Waals surface area contributed by atoms with Crippen molar-refractivity contribution in [3.8, 4) is 0 Å². The molecule has 1 fully saturated rings. The van der Waals surface area contributed by atoms with Crippen LogP contribution in [0.25, 0.3) is 0 Å². The normalized spacial score (nSPS) is 21.3. The van der Waals surface area contributed by atoms with Gasteiger partial charge in [-0.1, -0.05) is 26.2 Å². The Morgan fingerprint density at radius 3 is 2.60 bits per heavy atom. The Morgan fingerprint density at radius 2 is 2.07 bits per heavy atom. The highest BCUT2D eigenvalue weighted by Crippen LogP contribution is 2.27. The minimum absolute atomic E-state index is 0.0243. The Morgan fingerprint density at radius 1 is 1.47 bits per heavy atom. The molecule has 2 atom stereocenters. The summed E-state index contributed by atoms with van der Waals surface area (Å²) in [5.74, 6) is 0.694. The van der Waals surface area contributed by atoms with Crippen molar-refractivity contribution in [2.45, 2.75) is 64.5 Å². The first-order valence-electron chi connectivity index (χ1n) is 6.21. The van der Waals surface area contributed by atoms with Crippen molar-refractivity contribution in [3.63, 3.8) is 0 Å². The van der Waals surface area contributed by atoms with E-state index in [2.05, 4.69) is 12.2 Å². The van der Waals surface area contributed by atoms with Crippen molar-refractivity contribution in [1.82, 2.24) is 5.32 Å². The third kappa shape index (κ3) is 3.82. The number of carbonyl (C=O) groups excluding carboxylic acids is 1. The number of hydrogen-bond donors (Lipinski definition) is 2. The summed E-state index contributed by atoms with van der Waals surface area (Å²) in [4.78, 5) is 11.7. The molecule has 3 heteroatoms. The molecule has 1 rings (SSSR count). The fourth-order valence-corrected chi connectivity index (χ4v) is 2.35. The van der Waals surface area contributed by atoms with Crippen LogP contribution in [0, 0.1) is 5.92 Å². The zero-order valence-corrected chi connectivity index (χ0v) is 9.96. The topological polar surface area (TPSA) is 55.1 Å². The zero-order valence-electron chi connectivity index (χ0n) is 9.96. The van der Waals surface area contributed by atoms with Crippen LogP contribution >= 0.6 is 0 Å². The molecule has 1 amide bonds. The molecule has 3 N–H and O–H groups in total. The van der Waals surface area contributed by atoms with Gasteiger partial charge in [-0.2, -0.15) is 0 Å². The van der Waals surface area contributed by atoms with Crippen molar-refractivity contribution < 1.29 is 4.79 Å². The first-order valence-corrected chi connectivity index (χ1v) is 6.21. The van der Waals surface area contributed by atoms with E-state index in [0.717, 1.165) is 12.8 Å². The van der Waals surface area contributed by atoms with Crippen molar-refractivity contribution in [2.75, 3.05) is 0 Å². The van der Waals surface area contributed by atoms with E-state index in [1.54, 1.807) is 0 Å². The van der Waals surface area contributed by atoms with Crippen LogP contribution < -0.4 is 11.1 Å². The minimum atomic E-state index is -0.321. The summed E-state index contributed by atoms with van der Waals surface area (Å²) in [6.07, 6.45) is 6.88. The van der Waals surface area contributed by atoms with Gasteiger partial charge in [0.1, 0.15) is 0 Å². The smallest absolute Gasteiger partial charge is 0.237 e. The van der Waals surface area contributed by atoms with Gasteiger partial charge in [0.15, 0.2) is 0 Å². The number of rotatable bonds is 5. The van der Waals surface area contributed by atoms with Crippen LogP contribution in [0.2, 0.25) is 0 Å². The van der Waals surface area contributed by atoms with Gasteiger partial charge in [0, 0.05) is 6.04 Å². The fourth-order valence-electron chi connectivity index (χ4n) is 2.35. The maximum atomic E-state index is 11.7. The number of hydrogen-bond acceptors (Lipinski definition) is 2. The van der Waals surface area contributed by atoms with Gasteiger partial charge in [-0.25, -0.2) is 0 Å². The van der Waals surface area contributed by atoms with Gasteiger partial charge >= 0.3 is 0 Å². The van der Waals surface area contributed by atoms with E-state index in [9.17, 15) is 4.79 Å². The van der Waals surface area contributed by atoms with E-state index in [0.29, 0.717) is 12.0 Å². The molecule has 0 spiro atoms. The maximum Gasteiger partial charge on any atom is 0.237 e. The van der Waals surface area contributed by atoms with Crippen molar-refractivity contribution in [2.24, 2.45) is 11.7 Å². The summed E-state index contributed by atoms with van der Waals surface area (Å²) < 4.78 is 0. The molecule has 0 aliphatic heterocycles. The van der Waals surface area contributed by atoms with Gasteiger partial charge in [-0.3, -0.25) is 4.79 Å². The molecule has 0 heterocycles. The first kappa shape index (κ1) is 12.5. The third-order valence-corrected chi connectivity index (χ3v) is 3.41. The minimum Gasteiger partial charge on any atom is -0.352 e. The van der Waals surface area contributed by atoms with Gasteiger partial charge < -0.3 is 11.1 Å². The second-order valence-electron chi connectivity index (χ2n) is 4.74. The molecule has 1 saturated carbocycles. The van der Waals surface area contributed by atoms with Gasteiger partial charge in [0.25, 0.3) is 0 Å². The van der Waals surface area contributed by atoms with Crippen molar-refractivity contribution in [1.29, 1.82) is 0 Å². The Labute approximate surface area is 92.8 Å². The molecule has 0 aromatic rings. The lowest BCUT2D eigenvalue weighted by Gasteiger charge is -2.22. The molecule has 1 aliphatic carbocycles. The average molecular weight is 212 g/mol. The number of amides is 1. The first-order chi connectivity index (χ1) is 7.15. The van der Waals surface area contributed by atoms with E-state index in [1.165, 1.54) is 25.7 Å². The zero-order chi connectivity index (χ0) is 11.3. The fraction of sp³-hybridized carbons (Fsp3) is 0.917. The summed E-state index contributed by atoms with van der Waals surface area (Å²) in [6.45, 7) is 4.15. The van der Waals surface area contributed by atoms with Crippen LogP contribution in [-0.4, -0.2) is 18.0 Å². The molecule has 15 heavy (non-hydrogen) atoms. The summed E-state index contributed by atoms with van der Waals surface area (Å²) in [5.41, 5.74) is 5.76. The molecule has 0 saturated heterocycles. The molecule has 0 unspecified atom stereocenters. The van der Waals surface area contributed by atoms with Crippen LogP contribution in [0.5, 0.6) is 0 Å². The highest BCUT2D eigenvalue weighted by molar-refractivity contribution is 5.81. The van der Waals surface area contributed by atoms with Gasteiger partial charge in [0.2, 0.25) is 5.91 Å². The van der Waals surface area contributed by atoms with Gasteiger partial charge in [0.05, 0.1) is 6.04 Å². The second kappa shape index (κ2) is 6.11. The predicted octanol–water partition coefficient (Wildman–Crippen LogP) is 1.81. The SMILES string of the molecule is CCC[C@H](N)C(=O)N[C@H](C)C1CCCC1.